The van der Waals surface area contributed by atoms with Gasteiger partial charge in [0, 0.05) is 18.2 Å². The topological polar surface area (TPSA) is 55.1 Å². The second-order valence-electron chi connectivity index (χ2n) is 5.51. The SMILES string of the molecule is CC(C)(CNC(=O)c1cc(-c2ccccc2)on1)C(F)(F)F. The number of rotatable bonds is 4. The van der Waals surface area contributed by atoms with E-state index in [9.17, 15) is 18.0 Å². The van der Waals surface area contributed by atoms with E-state index < -0.39 is 24.0 Å². The second kappa shape index (κ2) is 5.82. The molecule has 0 saturated heterocycles. The van der Waals surface area contributed by atoms with Gasteiger partial charge in [-0.25, -0.2) is 0 Å². The molecule has 0 saturated carbocycles. The molecule has 2 rings (SSSR count). The van der Waals surface area contributed by atoms with Crippen LogP contribution < -0.4 is 5.32 Å². The summed E-state index contributed by atoms with van der Waals surface area (Å²) >= 11 is 0. The number of amides is 1. The monoisotopic (exact) mass is 312 g/mol. The number of hydrogen-bond acceptors (Lipinski definition) is 3. The molecule has 1 aromatic carbocycles. The first-order chi connectivity index (χ1) is 10.2. The summed E-state index contributed by atoms with van der Waals surface area (Å²) in [4.78, 5) is 11.9. The van der Waals surface area contributed by atoms with Crippen LogP contribution in [0.5, 0.6) is 0 Å². The lowest BCUT2D eigenvalue weighted by Gasteiger charge is -2.27. The standard InChI is InChI=1S/C15H15F3N2O2/c1-14(2,15(16,17)18)9-19-13(21)11-8-12(22-20-11)10-6-4-3-5-7-10/h3-8H,9H2,1-2H3,(H,19,21). The lowest BCUT2D eigenvalue weighted by molar-refractivity contribution is -0.208. The summed E-state index contributed by atoms with van der Waals surface area (Å²) in [6.45, 7) is 1.50. The summed E-state index contributed by atoms with van der Waals surface area (Å²) < 4.78 is 43.2. The maximum absolute atomic E-state index is 12.7. The number of nitrogens with zero attached hydrogens (tertiary/aromatic N) is 1. The summed E-state index contributed by atoms with van der Waals surface area (Å²) in [6, 6.07) is 10.4. The van der Waals surface area contributed by atoms with Crippen molar-refractivity contribution in [3.8, 4) is 11.3 Å². The summed E-state index contributed by atoms with van der Waals surface area (Å²) in [5.41, 5.74) is -1.35. The summed E-state index contributed by atoms with van der Waals surface area (Å²) in [5, 5.41) is 5.82. The fraction of sp³-hybridized carbons (Fsp3) is 0.333. The highest BCUT2D eigenvalue weighted by Gasteiger charge is 2.47. The van der Waals surface area contributed by atoms with Crippen molar-refractivity contribution in [1.29, 1.82) is 0 Å². The van der Waals surface area contributed by atoms with Crippen LogP contribution in [0.25, 0.3) is 11.3 Å². The Kier molecular flexibility index (Phi) is 4.25. The normalized spacial score (nSPS) is 12.2. The molecule has 1 aromatic heterocycles. The minimum atomic E-state index is -4.40. The van der Waals surface area contributed by atoms with Crippen LogP contribution in [0, 0.1) is 5.41 Å². The third kappa shape index (κ3) is 3.47. The molecule has 1 N–H and O–H groups in total. The zero-order valence-corrected chi connectivity index (χ0v) is 12.1. The number of benzene rings is 1. The maximum Gasteiger partial charge on any atom is 0.395 e. The van der Waals surface area contributed by atoms with Crippen LogP contribution in [-0.2, 0) is 0 Å². The van der Waals surface area contributed by atoms with Gasteiger partial charge < -0.3 is 9.84 Å². The Labute approximate surface area is 125 Å². The van der Waals surface area contributed by atoms with E-state index >= 15 is 0 Å². The molecule has 0 unspecified atom stereocenters. The quantitative estimate of drug-likeness (QED) is 0.937. The van der Waals surface area contributed by atoms with Gasteiger partial charge in [-0.05, 0) is 13.8 Å². The fourth-order valence-corrected chi connectivity index (χ4v) is 1.61. The van der Waals surface area contributed by atoms with Crippen LogP contribution in [0.3, 0.4) is 0 Å². The molecular weight excluding hydrogens is 297 g/mol. The molecule has 1 heterocycles. The first-order valence-corrected chi connectivity index (χ1v) is 6.58. The molecule has 0 fully saturated rings. The molecule has 118 valence electrons. The third-order valence-corrected chi connectivity index (χ3v) is 3.26. The number of carbonyl (C=O) groups is 1. The van der Waals surface area contributed by atoms with E-state index in [2.05, 4.69) is 10.5 Å². The molecule has 4 nitrogen and oxygen atoms in total. The largest absolute Gasteiger partial charge is 0.395 e. The van der Waals surface area contributed by atoms with Crippen LogP contribution in [0.4, 0.5) is 13.2 Å². The van der Waals surface area contributed by atoms with Gasteiger partial charge >= 0.3 is 6.18 Å². The second-order valence-corrected chi connectivity index (χ2v) is 5.51. The summed E-state index contributed by atoms with van der Waals surface area (Å²) in [5.74, 6) is -0.330. The van der Waals surface area contributed by atoms with Crippen molar-refractivity contribution in [1.82, 2.24) is 10.5 Å². The zero-order valence-electron chi connectivity index (χ0n) is 12.1. The number of aromatic nitrogens is 1. The van der Waals surface area contributed by atoms with Crippen LogP contribution in [0.15, 0.2) is 40.9 Å². The van der Waals surface area contributed by atoms with Gasteiger partial charge in [0.1, 0.15) is 0 Å². The van der Waals surface area contributed by atoms with Gasteiger partial charge in [0.25, 0.3) is 5.91 Å². The number of carbonyl (C=O) groups excluding carboxylic acids is 1. The predicted octanol–water partition coefficient (Wildman–Crippen LogP) is 3.66. The number of halogens is 3. The van der Waals surface area contributed by atoms with Gasteiger partial charge in [0.05, 0.1) is 5.41 Å². The average Bonchev–Trinajstić information content (AvgIpc) is 2.94. The maximum atomic E-state index is 12.7. The first-order valence-electron chi connectivity index (χ1n) is 6.58. The van der Waals surface area contributed by atoms with Crippen LogP contribution in [0.2, 0.25) is 0 Å². The minimum absolute atomic E-state index is 0.0585. The van der Waals surface area contributed by atoms with Crippen LogP contribution >= 0.6 is 0 Å². The highest BCUT2D eigenvalue weighted by atomic mass is 19.4. The Morgan fingerprint density at radius 2 is 1.86 bits per heavy atom. The predicted molar refractivity (Wildman–Crippen MR) is 74.1 cm³/mol. The van der Waals surface area contributed by atoms with E-state index in [1.165, 1.54) is 6.07 Å². The van der Waals surface area contributed by atoms with Gasteiger partial charge in [-0.1, -0.05) is 35.5 Å². The lowest BCUT2D eigenvalue weighted by atomic mass is 9.93. The Balaban J connectivity index is 2.04. The smallest absolute Gasteiger partial charge is 0.355 e. The molecule has 22 heavy (non-hydrogen) atoms. The number of alkyl halides is 3. The lowest BCUT2D eigenvalue weighted by Crippen LogP contribution is -2.43. The van der Waals surface area contributed by atoms with Gasteiger partial charge in [-0.3, -0.25) is 4.79 Å². The van der Waals surface area contributed by atoms with Crippen molar-refractivity contribution in [2.45, 2.75) is 20.0 Å². The number of nitrogens with one attached hydrogen (secondary N) is 1. The highest BCUT2D eigenvalue weighted by Crippen LogP contribution is 2.36. The van der Waals surface area contributed by atoms with Gasteiger partial charge in [0.15, 0.2) is 11.5 Å². The van der Waals surface area contributed by atoms with E-state index in [4.69, 9.17) is 4.52 Å². The van der Waals surface area contributed by atoms with E-state index in [1.807, 2.05) is 6.07 Å². The highest BCUT2D eigenvalue weighted by molar-refractivity contribution is 5.93. The Hall–Kier alpha value is -2.31. The fourth-order valence-electron chi connectivity index (χ4n) is 1.61. The molecule has 0 aliphatic carbocycles. The third-order valence-electron chi connectivity index (χ3n) is 3.26. The molecule has 7 heteroatoms. The van der Waals surface area contributed by atoms with Gasteiger partial charge in [-0.2, -0.15) is 13.2 Å². The summed E-state index contributed by atoms with van der Waals surface area (Å²) in [6.07, 6.45) is -4.40. The molecule has 0 aliphatic heterocycles. The van der Waals surface area contributed by atoms with Crippen LogP contribution in [-0.4, -0.2) is 23.8 Å². The number of hydrogen-bond donors (Lipinski definition) is 1. The Morgan fingerprint density at radius 1 is 1.23 bits per heavy atom. The molecule has 0 atom stereocenters. The van der Waals surface area contributed by atoms with E-state index in [1.54, 1.807) is 24.3 Å². The Bertz CT molecular complexity index is 648. The van der Waals surface area contributed by atoms with E-state index in [0.717, 1.165) is 19.4 Å². The van der Waals surface area contributed by atoms with Crippen LogP contribution in [0.1, 0.15) is 24.3 Å². The average molecular weight is 312 g/mol. The molecular formula is C15H15F3N2O2. The van der Waals surface area contributed by atoms with E-state index in [-0.39, 0.29) is 5.69 Å². The van der Waals surface area contributed by atoms with Crippen molar-refractivity contribution < 1.29 is 22.5 Å². The van der Waals surface area contributed by atoms with Crippen molar-refractivity contribution >= 4 is 5.91 Å². The molecule has 0 bridgehead atoms. The first kappa shape index (κ1) is 16.1. The van der Waals surface area contributed by atoms with E-state index in [0.29, 0.717) is 5.76 Å². The molecule has 0 radical (unpaired) electrons. The zero-order chi connectivity index (χ0) is 16.4. The van der Waals surface area contributed by atoms with Gasteiger partial charge in [-0.15, -0.1) is 0 Å². The van der Waals surface area contributed by atoms with Crippen molar-refractivity contribution in [2.24, 2.45) is 5.41 Å². The Morgan fingerprint density at radius 3 is 2.45 bits per heavy atom. The molecule has 0 spiro atoms. The molecule has 1 amide bonds. The summed E-state index contributed by atoms with van der Waals surface area (Å²) in [7, 11) is 0. The molecule has 0 aliphatic rings. The van der Waals surface area contributed by atoms with Crippen molar-refractivity contribution in [3.63, 3.8) is 0 Å². The molecule has 2 aromatic rings. The van der Waals surface area contributed by atoms with Crippen molar-refractivity contribution in [3.05, 3.63) is 42.1 Å². The van der Waals surface area contributed by atoms with Crippen molar-refractivity contribution in [2.75, 3.05) is 6.54 Å². The van der Waals surface area contributed by atoms with Gasteiger partial charge in [0.2, 0.25) is 0 Å². The minimum Gasteiger partial charge on any atom is -0.355 e.